The molecule has 2 unspecified atom stereocenters. The summed E-state index contributed by atoms with van der Waals surface area (Å²) in [7, 11) is 0. The minimum atomic E-state index is -0.210. The van der Waals surface area contributed by atoms with Crippen LogP contribution in [0, 0.1) is 17.8 Å². The molecule has 1 aromatic carbocycles. The molecule has 1 heterocycles. The smallest absolute Gasteiger partial charge is 0.227 e. The molecule has 2 fully saturated rings. The molecule has 2 aliphatic rings. The van der Waals surface area contributed by atoms with E-state index in [1.54, 1.807) is 12.5 Å². The van der Waals surface area contributed by atoms with Crippen LogP contribution < -0.4 is 10.1 Å². The van der Waals surface area contributed by atoms with Gasteiger partial charge in [-0.2, -0.15) is 0 Å². The number of carbonyl (C=O) groups excluding carboxylic acids is 1. The number of rotatable bonds is 6. The van der Waals surface area contributed by atoms with Crippen LogP contribution in [-0.4, -0.2) is 33.3 Å². The van der Waals surface area contributed by atoms with Gasteiger partial charge in [0.15, 0.2) is 0 Å². The number of nitrogens with one attached hydrogen (secondary N) is 1. The Balaban J connectivity index is 1.36. The molecule has 2 aliphatic carbocycles. The maximum Gasteiger partial charge on any atom is 0.227 e. The minimum absolute atomic E-state index is 0.0186. The summed E-state index contributed by atoms with van der Waals surface area (Å²) in [5, 5.41) is 13.2. The summed E-state index contributed by atoms with van der Waals surface area (Å²) >= 11 is 0. The number of anilines is 1. The lowest BCUT2D eigenvalue weighted by Crippen LogP contribution is -2.36. The summed E-state index contributed by atoms with van der Waals surface area (Å²) < 4.78 is 7.82. The van der Waals surface area contributed by atoms with Gasteiger partial charge in [0.1, 0.15) is 12.4 Å². The predicted octanol–water partition coefficient (Wildman–Crippen LogP) is 2.70. The maximum atomic E-state index is 12.7. The Morgan fingerprint density at radius 2 is 2.04 bits per heavy atom. The number of hydrogen-bond acceptors (Lipinski definition) is 4. The maximum absolute atomic E-state index is 12.7. The second-order valence-electron chi connectivity index (χ2n) is 7.39. The van der Waals surface area contributed by atoms with E-state index in [1.165, 1.54) is 0 Å². The molecule has 2 aromatic rings. The van der Waals surface area contributed by atoms with Gasteiger partial charge < -0.3 is 19.7 Å². The van der Waals surface area contributed by atoms with Gasteiger partial charge in [0, 0.05) is 18.3 Å². The van der Waals surface area contributed by atoms with Crippen molar-refractivity contribution in [1.82, 2.24) is 9.55 Å². The molecule has 0 radical (unpaired) electrons. The van der Waals surface area contributed by atoms with E-state index in [1.807, 2.05) is 35.0 Å². The quantitative estimate of drug-likeness (QED) is 0.835. The first-order chi connectivity index (χ1) is 12.7. The molecule has 26 heavy (non-hydrogen) atoms. The van der Waals surface area contributed by atoms with E-state index in [0.29, 0.717) is 24.6 Å². The molecule has 2 N–H and O–H groups in total. The Kier molecular flexibility index (Phi) is 4.93. The van der Waals surface area contributed by atoms with Crippen LogP contribution in [0.5, 0.6) is 5.75 Å². The van der Waals surface area contributed by atoms with E-state index in [-0.39, 0.29) is 29.8 Å². The SMILES string of the molecule is O=C(Nc1ccccc1OCCn1ccnc1)C1C[C@H]2CC[C@@H](C1)C2O. The second-order valence-corrected chi connectivity index (χ2v) is 7.39. The van der Waals surface area contributed by atoms with Crippen molar-refractivity contribution in [2.75, 3.05) is 11.9 Å². The molecule has 6 nitrogen and oxygen atoms in total. The van der Waals surface area contributed by atoms with Crippen molar-refractivity contribution in [1.29, 1.82) is 0 Å². The van der Waals surface area contributed by atoms with Crippen LogP contribution in [-0.2, 0) is 11.3 Å². The first-order valence-corrected chi connectivity index (χ1v) is 9.37. The summed E-state index contributed by atoms with van der Waals surface area (Å²) in [6.45, 7) is 1.20. The molecule has 138 valence electrons. The Hall–Kier alpha value is -2.34. The zero-order valence-electron chi connectivity index (χ0n) is 14.8. The number of benzene rings is 1. The Morgan fingerprint density at radius 3 is 2.77 bits per heavy atom. The number of carbonyl (C=O) groups is 1. The normalized spacial score (nSPS) is 27.3. The molecule has 0 saturated heterocycles. The number of hydrogen-bond donors (Lipinski definition) is 2. The highest BCUT2D eigenvalue weighted by molar-refractivity contribution is 5.94. The lowest BCUT2D eigenvalue weighted by molar-refractivity contribution is -0.122. The summed E-state index contributed by atoms with van der Waals surface area (Å²) in [6, 6.07) is 7.54. The number of nitrogens with zero attached hydrogens (tertiary/aromatic N) is 2. The van der Waals surface area contributed by atoms with Crippen molar-refractivity contribution >= 4 is 11.6 Å². The number of aromatic nitrogens is 2. The summed E-state index contributed by atoms with van der Waals surface area (Å²) in [5.74, 6) is 1.27. The largest absolute Gasteiger partial charge is 0.490 e. The van der Waals surface area contributed by atoms with Gasteiger partial charge in [0.25, 0.3) is 0 Å². The molecule has 0 aliphatic heterocycles. The van der Waals surface area contributed by atoms with Crippen molar-refractivity contribution in [2.24, 2.45) is 17.8 Å². The Morgan fingerprint density at radius 1 is 1.27 bits per heavy atom. The van der Waals surface area contributed by atoms with Crippen LogP contribution in [0.2, 0.25) is 0 Å². The number of amides is 1. The second kappa shape index (κ2) is 7.50. The molecule has 2 bridgehead atoms. The molecule has 1 aromatic heterocycles. The molecule has 1 amide bonds. The molecule has 4 atom stereocenters. The van der Waals surface area contributed by atoms with Gasteiger partial charge in [-0.05, 0) is 49.7 Å². The zero-order chi connectivity index (χ0) is 17.9. The Bertz CT molecular complexity index is 733. The van der Waals surface area contributed by atoms with E-state index < -0.39 is 0 Å². The van der Waals surface area contributed by atoms with Crippen LogP contribution in [0.3, 0.4) is 0 Å². The number of fused-ring (bicyclic) bond motifs is 2. The first-order valence-electron chi connectivity index (χ1n) is 9.37. The fourth-order valence-electron chi connectivity index (χ4n) is 4.32. The van der Waals surface area contributed by atoms with Gasteiger partial charge in [-0.3, -0.25) is 4.79 Å². The Labute approximate surface area is 153 Å². The van der Waals surface area contributed by atoms with Crippen molar-refractivity contribution in [3.63, 3.8) is 0 Å². The van der Waals surface area contributed by atoms with Crippen LogP contribution >= 0.6 is 0 Å². The molecule has 6 heteroatoms. The van der Waals surface area contributed by atoms with E-state index in [0.717, 1.165) is 25.7 Å². The minimum Gasteiger partial charge on any atom is -0.490 e. The monoisotopic (exact) mass is 355 g/mol. The van der Waals surface area contributed by atoms with Crippen molar-refractivity contribution < 1.29 is 14.6 Å². The molecule has 0 spiro atoms. The summed E-state index contributed by atoms with van der Waals surface area (Å²) in [6.07, 6.45) is 8.83. The predicted molar refractivity (Wildman–Crippen MR) is 97.7 cm³/mol. The number of imidazole rings is 1. The third-order valence-corrected chi connectivity index (χ3v) is 5.73. The first kappa shape index (κ1) is 17.1. The summed E-state index contributed by atoms with van der Waals surface area (Å²) in [5.41, 5.74) is 0.710. The average molecular weight is 355 g/mol. The molecular formula is C20H25N3O3. The third-order valence-electron chi connectivity index (χ3n) is 5.73. The number of ether oxygens (including phenoxy) is 1. The van der Waals surface area contributed by atoms with Crippen molar-refractivity contribution in [3.05, 3.63) is 43.0 Å². The van der Waals surface area contributed by atoms with Crippen LogP contribution in [0.1, 0.15) is 25.7 Å². The molecular weight excluding hydrogens is 330 g/mol. The lowest BCUT2D eigenvalue weighted by Gasteiger charge is -2.31. The highest BCUT2D eigenvalue weighted by atomic mass is 16.5. The van der Waals surface area contributed by atoms with Gasteiger partial charge in [0.2, 0.25) is 5.91 Å². The average Bonchev–Trinajstić information content (AvgIpc) is 3.21. The van der Waals surface area contributed by atoms with E-state index in [4.69, 9.17) is 4.74 Å². The number of aliphatic hydroxyl groups is 1. The zero-order valence-corrected chi connectivity index (χ0v) is 14.8. The van der Waals surface area contributed by atoms with Crippen molar-refractivity contribution in [2.45, 2.75) is 38.3 Å². The van der Waals surface area contributed by atoms with Gasteiger partial charge in [-0.25, -0.2) is 4.98 Å². The highest BCUT2D eigenvalue weighted by Gasteiger charge is 2.43. The fourth-order valence-corrected chi connectivity index (χ4v) is 4.32. The van der Waals surface area contributed by atoms with Gasteiger partial charge in [0.05, 0.1) is 24.7 Å². The molecule has 4 rings (SSSR count). The van der Waals surface area contributed by atoms with Crippen LogP contribution in [0.4, 0.5) is 5.69 Å². The van der Waals surface area contributed by atoms with Crippen molar-refractivity contribution in [3.8, 4) is 5.75 Å². The lowest BCUT2D eigenvalue weighted by atomic mass is 9.78. The van der Waals surface area contributed by atoms with Gasteiger partial charge in [-0.15, -0.1) is 0 Å². The highest BCUT2D eigenvalue weighted by Crippen LogP contribution is 2.45. The van der Waals surface area contributed by atoms with E-state index >= 15 is 0 Å². The van der Waals surface area contributed by atoms with Crippen LogP contribution in [0.15, 0.2) is 43.0 Å². The van der Waals surface area contributed by atoms with Crippen LogP contribution in [0.25, 0.3) is 0 Å². The topological polar surface area (TPSA) is 76.4 Å². The number of aliphatic hydroxyl groups excluding tert-OH is 1. The summed E-state index contributed by atoms with van der Waals surface area (Å²) in [4.78, 5) is 16.8. The molecule has 2 saturated carbocycles. The van der Waals surface area contributed by atoms with Gasteiger partial charge >= 0.3 is 0 Å². The third kappa shape index (κ3) is 3.60. The number of para-hydroxylation sites is 2. The van der Waals surface area contributed by atoms with E-state index in [2.05, 4.69) is 10.3 Å². The van der Waals surface area contributed by atoms with Gasteiger partial charge in [-0.1, -0.05) is 12.1 Å². The fraction of sp³-hybridized carbons (Fsp3) is 0.500. The van der Waals surface area contributed by atoms with E-state index in [9.17, 15) is 9.90 Å². The standard InChI is InChI=1S/C20H25N3O3/c24-19-14-5-6-15(19)12-16(11-14)20(25)22-17-3-1-2-4-18(17)26-10-9-23-8-7-21-13-23/h1-4,7-8,13-16,19,24H,5-6,9-12H2,(H,22,25)/t14-,15+,16?,19?.